The molecular weight excluding hydrogens is 248 g/mol. The van der Waals surface area contributed by atoms with Gasteiger partial charge in [0.2, 0.25) is 0 Å². The van der Waals surface area contributed by atoms with Crippen molar-refractivity contribution in [3.05, 3.63) is 58.9 Å². The molecule has 1 atom stereocenters. The molecule has 3 heteroatoms. The van der Waals surface area contributed by atoms with Crippen molar-refractivity contribution in [3.63, 3.8) is 0 Å². The minimum Gasteiger partial charge on any atom is -0.488 e. The summed E-state index contributed by atoms with van der Waals surface area (Å²) in [6.45, 7) is 5.86. The molecule has 0 radical (unpaired) electrons. The van der Waals surface area contributed by atoms with E-state index in [0.29, 0.717) is 0 Å². The average Bonchev–Trinajstić information content (AvgIpc) is 2.83. The molecule has 2 heterocycles. The molecule has 1 aliphatic rings. The van der Waals surface area contributed by atoms with Crippen LogP contribution in [-0.4, -0.2) is 17.6 Å². The normalized spacial score (nSPS) is 16.8. The van der Waals surface area contributed by atoms with Gasteiger partial charge in [-0.25, -0.2) is 0 Å². The first-order chi connectivity index (χ1) is 9.72. The molecule has 3 nitrogen and oxygen atoms in total. The first-order valence-corrected chi connectivity index (χ1v) is 7.10. The number of aryl methyl sites for hydroxylation is 2. The smallest absolute Gasteiger partial charge is 0.123 e. The molecule has 0 spiro atoms. The Labute approximate surface area is 120 Å². The van der Waals surface area contributed by atoms with Crippen LogP contribution in [0.4, 0.5) is 0 Å². The van der Waals surface area contributed by atoms with Gasteiger partial charge < -0.3 is 10.1 Å². The summed E-state index contributed by atoms with van der Waals surface area (Å²) >= 11 is 0. The molecule has 1 aliphatic heterocycles. The van der Waals surface area contributed by atoms with Gasteiger partial charge in [-0.3, -0.25) is 4.98 Å². The maximum Gasteiger partial charge on any atom is 0.123 e. The lowest BCUT2D eigenvalue weighted by atomic mass is 10.1. The first kappa shape index (κ1) is 13.1. The van der Waals surface area contributed by atoms with Gasteiger partial charge in [0, 0.05) is 25.7 Å². The van der Waals surface area contributed by atoms with Gasteiger partial charge in [0.05, 0.1) is 5.69 Å². The molecule has 1 unspecified atom stereocenters. The number of aromatic nitrogens is 1. The highest BCUT2D eigenvalue weighted by atomic mass is 16.5. The fourth-order valence-electron chi connectivity index (χ4n) is 2.62. The third-order valence-electron chi connectivity index (χ3n) is 3.74. The highest BCUT2D eigenvalue weighted by Crippen LogP contribution is 2.29. The van der Waals surface area contributed by atoms with E-state index in [1.165, 1.54) is 16.7 Å². The molecule has 104 valence electrons. The summed E-state index contributed by atoms with van der Waals surface area (Å²) in [5, 5.41) is 3.45. The number of rotatable bonds is 4. The van der Waals surface area contributed by atoms with Crippen LogP contribution in [0.2, 0.25) is 0 Å². The van der Waals surface area contributed by atoms with Gasteiger partial charge in [0.1, 0.15) is 11.9 Å². The van der Waals surface area contributed by atoms with Crippen LogP contribution < -0.4 is 10.1 Å². The molecule has 0 amide bonds. The van der Waals surface area contributed by atoms with E-state index in [0.717, 1.165) is 31.0 Å². The Morgan fingerprint density at radius 3 is 3.05 bits per heavy atom. The first-order valence-electron chi connectivity index (χ1n) is 7.10. The number of hydrogen-bond acceptors (Lipinski definition) is 3. The average molecular weight is 268 g/mol. The van der Waals surface area contributed by atoms with Crippen molar-refractivity contribution in [3.8, 4) is 5.75 Å². The van der Waals surface area contributed by atoms with E-state index in [2.05, 4.69) is 48.4 Å². The van der Waals surface area contributed by atoms with E-state index in [1.807, 2.05) is 12.3 Å². The summed E-state index contributed by atoms with van der Waals surface area (Å²) in [7, 11) is 0. The molecule has 0 fully saturated rings. The second-order valence-electron chi connectivity index (χ2n) is 5.45. The molecule has 1 N–H and O–H groups in total. The molecule has 0 saturated heterocycles. The molecule has 0 bridgehead atoms. The van der Waals surface area contributed by atoms with E-state index in [9.17, 15) is 0 Å². The Kier molecular flexibility index (Phi) is 3.70. The third kappa shape index (κ3) is 2.83. The van der Waals surface area contributed by atoms with Crippen LogP contribution in [0.5, 0.6) is 5.75 Å². The minimum atomic E-state index is 0.232. The van der Waals surface area contributed by atoms with Gasteiger partial charge in [-0.15, -0.1) is 0 Å². The molecule has 1 aromatic heterocycles. The van der Waals surface area contributed by atoms with Crippen LogP contribution in [0, 0.1) is 13.8 Å². The molecule has 0 saturated carbocycles. The number of ether oxygens (including phenoxy) is 1. The van der Waals surface area contributed by atoms with E-state index >= 15 is 0 Å². The van der Waals surface area contributed by atoms with Crippen molar-refractivity contribution in [1.82, 2.24) is 10.3 Å². The number of nitrogens with zero attached hydrogens (tertiary/aromatic N) is 1. The molecule has 3 rings (SSSR count). The standard InChI is InChI=1S/C17H20N2O/c1-12-5-6-17-14(8-12)9-15(20-17)10-18-11-16-13(2)4-3-7-19-16/h3-8,15,18H,9-11H2,1-2H3. The van der Waals surface area contributed by atoms with Crippen molar-refractivity contribution in [2.45, 2.75) is 32.9 Å². The van der Waals surface area contributed by atoms with E-state index in [1.54, 1.807) is 0 Å². The van der Waals surface area contributed by atoms with Gasteiger partial charge in [-0.1, -0.05) is 23.8 Å². The Morgan fingerprint density at radius 1 is 1.30 bits per heavy atom. The Morgan fingerprint density at radius 2 is 2.20 bits per heavy atom. The lowest BCUT2D eigenvalue weighted by molar-refractivity contribution is 0.227. The largest absolute Gasteiger partial charge is 0.488 e. The minimum absolute atomic E-state index is 0.232. The Balaban J connectivity index is 1.53. The molecule has 2 aromatic rings. The fourth-order valence-corrected chi connectivity index (χ4v) is 2.62. The topological polar surface area (TPSA) is 34.2 Å². The van der Waals surface area contributed by atoms with Crippen LogP contribution in [-0.2, 0) is 13.0 Å². The van der Waals surface area contributed by atoms with Crippen molar-refractivity contribution in [2.75, 3.05) is 6.54 Å². The fraction of sp³-hybridized carbons (Fsp3) is 0.353. The summed E-state index contributed by atoms with van der Waals surface area (Å²) < 4.78 is 5.95. The lowest BCUT2D eigenvalue weighted by Crippen LogP contribution is -2.30. The lowest BCUT2D eigenvalue weighted by Gasteiger charge is -2.12. The van der Waals surface area contributed by atoms with Crippen molar-refractivity contribution < 1.29 is 4.74 Å². The Bertz CT molecular complexity index is 610. The maximum absolute atomic E-state index is 5.95. The van der Waals surface area contributed by atoms with Crippen molar-refractivity contribution in [1.29, 1.82) is 0 Å². The second-order valence-corrected chi connectivity index (χ2v) is 5.45. The number of pyridine rings is 1. The van der Waals surface area contributed by atoms with Crippen molar-refractivity contribution in [2.24, 2.45) is 0 Å². The predicted molar refractivity (Wildman–Crippen MR) is 80.0 cm³/mol. The second kappa shape index (κ2) is 5.63. The molecule has 0 aliphatic carbocycles. The summed E-state index contributed by atoms with van der Waals surface area (Å²) in [6.07, 6.45) is 3.07. The summed E-state index contributed by atoms with van der Waals surface area (Å²) in [4.78, 5) is 4.39. The third-order valence-corrected chi connectivity index (χ3v) is 3.74. The summed E-state index contributed by atoms with van der Waals surface area (Å²) in [6, 6.07) is 10.5. The molecule has 1 aromatic carbocycles. The van der Waals surface area contributed by atoms with Crippen LogP contribution >= 0.6 is 0 Å². The quantitative estimate of drug-likeness (QED) is 0.926. The summed E-state index contributed by atoms with van der Waals surface area (Å²) in [5.74, 6) is 1.04. The Hall–Kier alpha value is -1.87. The number of fused-ring (bicyclic) bond motifs is 1. The van der Waals surface area contributed by atoms with Crippen LogP contribution in [0.15, 0.2) is 36.5 Å². The SMILES string of the molecule is Cc1ccc2c(c1)CC(CNCc1ncccc1C)O2. The zero-order valence-electron chi connectivity index (χ0n) is 12.0. The summed E-state index contributed by atoms with van der Waals surface area (Å²) in [5.41, 5.74) is 4.96. The van der Waals surface area contributed by atoms with Crippen molar-refractivity contribution >= 4 is 0 Å². The van der Waals surface area contributed by atoms with Gasteiger partial charge >= 0.3 is 0 Å². The van der Waals surface area contributed by atoms with E-state index in [4.69, 9.17) is 4.74 Å². The molecular formula is C17H20N2O. The van der Waals surface area contributed by atoms with E-state index < -0.39 is 0 Å². The van der Waals surface area contributed by atoms with Crippen LogP contribution in [0.1, 0.15) is 22.4 Å². The number of nitrogens with one attached hydrogen (secondary N) is 1. The monoisotopic (exact) mass is 268 g/mol. The molecule has 20 heavy (non-hydrogen) atoms. The zero-order valence-corrected chi connectivity index (χ0v) is 12.0. The van der Waals surface area contributed by atoms with Gasteiger partial charge in [-0.2, -0.15) is 0 Å². The van der Waals surface area contributed by atoms with Gasteiger partial charge in [-0.05, 0) is 37.1 Å². The maximum atomic E-state index is 5.95. The number of benzene rings is 1. The van der Waals surface area contributed by atoms with E-state index in [-0.39, 0.29) is 6.10 Å². The van der Waals surface area contributed by atoms with Crippen LogP contribution in [0.25, 0.3) is 0 Å². The predicted octanol–water partition coefficient (Wildman–Crippen LogP) is 2.79. The van der Waals surface area contributed by atoms with Crippen LogP contribution in [0.3, 0.4) is 0 Å². The van der Waals surface area contributed by atoms with Gasteiger partial charge in [0.25, 0.3) is 0 Å². The zero-order chi connectivity index (χ0) is 13.9. The highest BCUT2D eigenvalue weighted by Gasteiger charge is 2.22. The highest BCUT2D eigenvalue weighted by molar-refractivity contribution is 5.40. The van der Waals surface area contributed by atoms with Gasteiger partial charge in [0.15, 0.2) is 0 Å². The number of hydrogen-bond donors (Lipinski definition) is 1.